The number of halogens is 7. The van der Waals surface area contributed by atoms with Crippen LogP contribution in [0.15, 0.2) is 189 Å². The summed E-state index contributed by atoms with van der Waals surface area (Å²) in [6, 6.07) is 47.2. The van der Waals surface area contributed by atoms with Crippen LogP contribution >= 0.6 is 90.8 Å². The molecule has 0 amide bonds. The molecule has 0 radical (unpaired) electrons. The van der Waals surface area contributed by atoms with Crippen LogP contribution < -0.4 is 0 Å². The first-order chi connectivity index (χ1) is 66.1. The Balaban J connectivity index is 0.000000266. The SMILES string of the molecule is CCCc1sc(C(=O)OC)nc1Cc1ccc(-c2ccccc2C(=O)OC(C)(C)C)cc1F.CC[CH2][Sn]([CH2]CC)([CH2]CC)[CH2]CC.COC(=O)c1nc(Br)cs1.COC(=O)c1nc(Cc2ccc(-c3ccccc3C(=O)OC(C)(C)C)cc2F)c(Br)s1.COC(=O)c1nc(Cc2ccc(-c3ccccc3C(=O)OC(C)(C)C)cc2F)cs1.[CH2-]c1ccc(-c2ccccc2C(=O)OC(C)(C)C)cc1F.[Zn+][Br]. The number of esters is 8. The van der Waals surface area contributed by atoms with Gasteiger partial charge in [0.15, 0.2) is 0 Å². The third-order valence-corrected chi connectivity index (χ3v) is 43.4. The molecule has 0 fully saturated rings. The molecule has 4 aromatic heterocycles. The van der Waals surface area contributed by atoms with Crippen LogP contribution in [0, 0.1) is 30.2 Å². The predicted octanol–water partition coefficient (Wildman–Crippen LogP) is 29.8. The molecule has 0 aliphatic heterocycles. The summed E-state index contributed by atoms with van der Waals surface area (Å²) in [6.45, 7) is 36.8. The molecule has 4 heterocycles. The van der Waals surface area contributed by atoms with Gasteiger partial charge >= 0.3 is 167 Å². The fourth-order valence-electron chi connectivity index (χ4n) is 14.4. The van der Waals surface area contributed by atoms with Crippen molar-refractivity contribution in [3.05, 3.63) is 306 Å². The number of hydrogen-bond acceptors (Lipinski definition) is 24. The van der Waals surface area contributed by atoms with E-state index in [9.17, 15) is 51.5 Å². The molecule has 12 rings (SSSR count). The van der Waals surface area contributed by atoms with Crippen LogP contribution in [0.3, 0.4) is 0 Å². The maximum absolute atomic E-state index is 15.1. The second-order valence-corrected chi connectivity index (χ2v) is 56.1. The Morgan fingerprint density at radius 2 is 0.664 bits per heavy atom. The number of carbonyl (C=O) groups excluding carboxylic acids is 8. The van der Waals surface area contributed by atoms with Crippen molar-refractivity contribution in [2.75, 3.05) is 28.4 Å². The number of aromatic nitrogens is 4. The van der Waals surface area contributed by atoms with Gasteiger partial charge in [0.25, 0.3) is 0 Å². The van der Waals surface area contributed by atoms with E-state index in [4.69, 9.17) is 23.7 Å². The van der Waals surface area contributed by atoms with Crippen LogP contribution in [-0.2, 0) is 79.9 Å². The van der Waals surface area contributed by atoms with E-state index in [1.807, 2.05) is 27.7 Å². The zero-order valence-corrected chi connectivity index (χ0v) is 96.9. The van der Waals surface area contributed by atoms with E-state index >= 15 is 4.39 Å². The van der Waals surface area contributed by atoms with E-state index in [0.717, 1.165) is 40.4 Å². The van der Waals surface area contributed by atoms with Gasteiger partial charge in [-0.25, -0.2) is 71.5 Å². The van der Waals surface area contributed by atoms with E-state index < -0.39 is 112 Å². The van der Waals surface area contributed by atoms with E-state index in [1.54, 1.807) is 236 Å². The Bertz CT molecular complexity index is 6150. The summed E-state index contributed by atoms with van der Waals surface area (Å²) in [5, 5.41) is 4.51. The summed E-state index contributed by atoms with van der Waals surface area (Å²) in [5.74, 6) is -5.37. The van der Waals surface area contributed by atoms with Gasteiger partial charge in [0.05, 0.1) is 71.6 Å². The normalized spacial score (nSPS) is 11.1. The third-order valence-electron chi connectivity index (χ3n) is 20.2. The molecule has 0 aliphatic rings. The molecule has 12 aromatic rings. The van der Waals surface area contributed by atoms with Crippen LogP contribution in [0.5, 0.6) is 0 Å². The van der Waals surface area contributed by atoms with Crippen molar-refractivity contribution in [3.8, 4) is 44.5 Å². The molecular weight excluding hydrogens is 2230 g/mol. The topological polar surface area (TPSA) is 262 Å². The quantitative estimate of drug-likeness (QED) is 0.0145. The van der Waals surface area contributed by atoms with E-state index in [2.05, 4.69) is 114 Å². The average molecular weight is 2350 g/mol. The maximum atomic E-state index is 15.1. The number of ether oxygens (including phenoxy) is 8. The van der Waals surface area contributed by atoms with Gasteiger partial charge in [-0.3, -0.25) is 4.39 Å². The van der Waals surface area contributed by atoms with Crippen molar-refractivity contribution in [3.63, 3.8) is 0 Å². The molecule has 0 saturated heterocycles. The second kappa shape index (κ2) is 57.1. The van der Waals surface area contributed by atoms with Gasteiger partial charge in [-0.1, -0.05) is 140 Å². The molecule has 20 nitrogen and oxygen atoms in total. The number of hydrogen-bond donors (Lipinski definition) is 0. The van der Waals surface area contributed by atoms with Crippen molar-refractivity contribution in [2.24, 2.45) is 0 Å². The van der Waals surface area contributed by atoms with Crippen LogP contribution in [0.4, 0.5) is 17.6 Å². The molecule has 744 valence electrons. The second-order valence-electron chi connectivity index (χ2n) is 35.9. The molecule has 8 aromatic carbocycles. The Labute approximate surface area is 873 Å². The van der Waals surface area contributed by atoms with Crippen molar-refractivity contribution in [1.29, 1.82) is 0 Å². The minimum absolute atomic E-state index is 0.202. The summed E-state index contributed by atoms with van der Waals surface area (Å²) < 4.78 is 107. The Morgan fingerprint density at radius 3 is 0.979 bits per heavy atom. The Hall–Kier alpha value is -9.51. The molecule has 0 N–H and O–H groups in total. The van der Waals surface area contributed by atoms with E-state index in [0.29, 0.717) is 119 Å². The number of carbonyl (C=O) groups is 8. The molecule has 0 spiro atoms. The van der Waals surface area contributed by atoms with Gasteiger partial charge in [-0.2, -0.15) is 18.6 Å². The summed E-state index contributed by atoms with van der Waals surface area (Å²) in [5.41, 5.74) is 7.32. The Kier molecular flexibility index (Phi) is 48.6. The van der Waals surface area contributed by atoms with Gasteiger partial charge in [-0.15, -0.1) is 40.1 Å². The number of rotatable bonds is 28. The molecule has 0 aliphatic carbocycles. The first-order valence-electron chi connectivity index (χ1n) is 45.2. The van der Waals surface area contributed by atoms with Gasteiger partial charge in [-0.05, 0) is 225 Å². The molecule has 0 bridgehead atoms. The predicted molar refractivity (Wildman–Crippen MR) is 559 cm³/mol. The zero-order chi connectivity index (χ0) is 104. The van der Waals surface area contributed by atoms with Gasteiger partial charge in [0, 0.05) is 40.7 Å². The van der Waals surface area contributed by atoms with Crippen LogP contribution in [-0.4, -0.2) is 137 Å². The number of benzene rings is 8. The zero-order valence-electron chi connectivity index (χ0n) is 83.0. The monoisotopic (exact) mass is 2340 g/mol. The molecule has 0 atom stereocenters. The number of methoxy groups -OCH3 is 4. The van der Waals surface area contributed by atoms with Crippen molar-refractivity contribution in [2.45, 2.75) is 216 Å². The average Bonchev–Trinajstić information content (AvgIpc) is 0.831. The molecular formula is C107H121Br3F4N4O16S4SnZn. The first-order valence-corrected chi connectivity index (χ1v) is 65.2. The first kappa shape index (κ1) is 119. The summed E-state index contributed by atoms with van der Waals surface area (Å²) in [6.07, 6.45) is 8.17. The number of aryl methyl sites for hydroxylation is 1. The number of thiazole rings is 4. The van der Waals surface area contributed by atoms with Crippen LogP contribution in [0.2, 0.25) is 17.7 Å². The molecule has 33 heteroatoms. The molecule has 0 unspecified atom stereocenters. The van der Waals surface area contributed by atoms with Crippen molar-refractivity contribution >= 4 is 157 Å². The minimum atomic E-state index is -1.56. The molecule has 0 saturated carbocycles. The summed E-state index contributed by atoms with van der Waals surface area (Å²) in [7, 11) is 5.22. The van der Waals surface area contributed by atoms with Gasteiger partial charge in [0.1, 0.15) is 44.5 Å². The van der Waals surface area contributed by atoms with Crippen LogP contribution in [0.25, 0.3) is 44.5 Å². The van der Waals surface area contributed by atoms with Crippen molar-refractivity contribution < 1.29 is 110 Å². The van der Waals surface area contributed by atoms with Gasteiger partial charge < -0.3 is 37.9 Å². The van der Waals surface area contributed by atoms with Gasteiger partial charge in [0.2, 0.25) is 20.0 Å². The van der Waals surface area contributed by atoms with Crippen LogP contribution in [0.1, 0.15) is 275 Å². The fourth-order valence-corrected chi connectivity index (χ4v) is 35.2. The van der Waals surface area contributed by atoms with Crippen molar-refractivity contribution in [1.82, 2.24) is 19.9 Å². The Morgan fingerprint density at radius 1 is 0.364 bits per heavy atom. The third kappa shape index (κ3) is 37.7. The summed E-state index contributed by atoms with van der Waals surface area (Å²) >= 11 is 14.0. The molecule has 140 heavy (non-hydrogen) atoms. The summed E-state index contributed by atoms with van der Waals surface area (Å²) in [4.78, 5) is 114. The van der Waals surface area contributed by atoms with E-state index in [-0.39, 0.29) is 34.3 Å². The standard InChI is InChI=1S/C26H28FNO4S.C23H21BrFNO4S.C23H22FNO4S.C18H18FO2.C5H4BrNO2S.4C3H7.BrH.Sn.Zn/c1-6-9-22-21(28-23(33-22)25(30)31-5)15-17-13-12-16(14-20(17)27)18-10-7-8-11-19(18)24(29)32-26(2,3)4;1-23(2,3)30-21(27)16-8-6-5-7-15(16)13-9-10-14(17(25)11-13)12-18-19(24)31-20(26-18)22(28)29-4;1-23(2,3)29-21(26)18-8-6-5-7-17(18)14-9-10-15(19(24)12-14)11-16-13-30-20(25-16)22(27)28-4;1-12-9-10-13(11-16(12)19)14-7-5-6-8-15(14)17(20)21-18(2,3)4;1-9-5(8)4-7-3(6)2-10-4;4*1-3-2;;;/h7-8,10-14H,6,9,15H2,1-5H3;5-11H,12H2,1-4H3;5-10,12-13H,11H2,1-4H3;5-11H,1H2,2-4H3;2H,1H3;4*1,3H2,2H3;1H;;/q;;;-1;;;;;;;;+2/p-1. The number of nitrogens with zero attached hydrogens (tertiary/aromatic N) is 4. The van der Waals surface area contributed by atoms with E-state index in [1.165, 1.54) is 117 Å². The fraction of sp³-hybridized carbons (Fsp3) is 0.355.